The van der Waals surface area contributed by atoms with Crippen LogP contribution in [0.1, 0.15) is 0 Å². The Morgan fingerprint density at radius 2 is 0.750 bits per heavy atom. The zero-order valence-electron chi connectivity index (χ0n) is 8.29. The summed E-state index contributed by atoms with van der Waals surface area (Å²) in [4.78, 5) is 0. The standard InChI is InChI=1S/C6F12I2/c7-1(8,3(11,12)5(14,15)16)2(9,10)4(13,19)6(17,18)20. The monoisotopic (exact) mass is 554 g/mol. The van der Waals surface area contributed by atoms with E-state index in [2.05, 4.69) is 0 Å². The van der Waals surface area contributed by atoms with Crippen LogP contribution in [-0.2, 0) is 0 Å². The van der Waals surface area contributed by atoms with E-state index in [-0.39, 0.29) is 0 Å². The summed E-state index contributed by atoms with van der Waals surface area (Å²) in [6.45, 7) is 0. The van der Waals surface area contributed by atoms with E-state index in [1.165, 1.54) is 0 Å². The summed E-state index contributed by atoms with van der Waals surface area (Å²) in [7, 11) is 0. The Labute approximate surface area is 129 Å². The topological polar surface area (TPSA) is 0 Å². The lowest BCUT2D eigenvalue weighted by atomic mass is 10.00. The van der Waals surface area contributed by atoms with Gasteiger partial charge in [0.05, 0.1) is 0 Å². The molecule has 0 aliphatic carbocycles. The van der Waals surface area contributed by atoms with Gasteiger partial charge in [-0.1, -0.05) is 0 Å². The van der Waals surface area contributed by atoms with Gasteiger partial charge in [-0.25, -0.2) is 4.39 Å². The van der Waals surface area contributed by atoms with Gasteiger partial charge in [0, 0.05) is 22.6 Å². The molecule has 0 aliphatic heterocycles. The van der Waals surface area contributed by atoms with Gasteiger partial charge < -0.3 is 0 Å². The largest absolute Gasteiger partial charge is 0.460 e. The van der Waals surface area contributed by atoms with E-state index < -0.39 is 76.7 Å². The van der Waals surface area contributed by atoms with Crippen LogP contribution in [0.3, 0.4) is 0 Å². The van der Waals surface area contributed by atoms with Crippen LogP contribution in [0, 0.1) is 0 Å². The second kappa shape index (κ2) is 5.07. The fourth-order valence-corrected chi connectivity index (χ4v) is 1.43. The minimum Gasteiger partial charge on any atom is -0.217 e. The molecule has 0 nitrogen and oxygen atoms in total. The fourth-order valence-electron chi connectivity index (χ4n) is 0.750. The summed E-state index contributed by atoms with van der Waals surface area (Å²) < 4.78 is 138. The molecule has 0 radical (unpaired) electrons. The van der Waals surface area contributed by atoms with Crippen molar-refractivity contribution in [2.24, 2.45) is 0 Å². The second-order valence-electron chi connectivity index (χ2n) is 3.29. The predicted molar refractivity (Wildman–Crippen MR) is 57.7 cm³/mol. The van der Waals surface area contributed by atoms with Crippen molar-refractivity contribution in [3.05, 3.63) is 0 Å². The van der Waals surface area contributed by atoms with Crippen molar-refractivity contribution >= 4 is 45.2 Å². The SMILES string of the molecule is FC(F)(F)C(F)(F)C(F)(F)C(F)(F)C(F)(I)C(F)(F)I. The smallest absolute Gasteiger partial charge is 0.217 e. The molecule has 0 amide bonds. The Hall–Kier alpha value is 0.620. The Bertz CT molecular complexity index is 327. The molecule has 0 aromatic rings. The van der Waals surface area contributed by atoms with E-state index in [0.717, 1.165) is 0 Å². The maximum Gasteiger partial charge on any atom is 0.460 e. The van der Waals surface area contributed by atoms with E-state index in [0.29, 0.717) is 0 Å². The Morgan fingerprint density at radius 3 is 0.950 bits per heavy atom. The molecule has 1 unspecified atom stereocenters. The van der Waals surface area contributed by atoms with Crippen molar-refractivity contribution in [2.75, 3.05) is 0 Å². The van der Waals surface area contributed by atoms with Crippen molar-refractivity contribution < 1.29 is 52.7 Å². The summed E-state index contributed by atoms with van der Waals surface area (Å²) in [5, 5.41) is 0. The van der Waals surface area contributed by atoms with Crippen LogP contribution in [0.4, 0.5) is 52.7 Å². The van der Waals surface area contributed by atoms with Gasteiger partial charge in [0.1, 0.15) is 0 Å². The molecule has 0 fully saturated rings. The summed E-state index contributed by atoms with van der Waals surface area (Å²) in [6, 6.07) is 0. The molecule has 0 bridgehead atoms. The van der Waals surface area contributed by atoms with Crippen LogP contribution in [0.15, 0.2) is 0 Å². The molecule has 14 heteroatoms. The molecular weight excluding hydrogens is 554 g/mol. The summed E-state index contributed by atoms with van der Waals surface area (Å²) >= 11 is -1.06. The highest BCUT2D eigenvalue weighted by atomic mass is 127. The molecule has 1 atom stereocenters. The molecule has 0 heterocycles. The Morgan fingerprint density at radius 1 is 0.450 bits per heavy atom. The summed E-state index contributed by atoms with van der Waals surface area (Å²) in [5.41, 5.74) is 0. The molecule has 0 N–H and O–H groups in total. The first kappa shape index (κ1) is 20.6. The van der Waals surface area contributed by atoms with Gasteiger partial charge in [0.25, 0.3) is 0 Å². The molecule has 0 saturated heterocycles. The Kier molecular flexibility index (Phi) is 5.23. The lowest BCUT2D eigenvalue weighted by molar-refractivity contribution is -0.408. The van der Waals surface area contributed by atoms with E-state index >= 15 is 0 Å². The van der Waals surface area contributed by atoms with Gasteiger partial charge in [0.2, 0.25) is 0 Å². The molecule has 0 rings (SSSR count). The first-order valence-corrected chi connectivity index (χ1v) is 6.05. The van der Waals surface area contributed by atoms with Crippen molar-refractivity contribution in [3.63, 3.8) is 0 Å². The zero-order chi connectivity index (χ0) is 17.0. The van der Waals surface area contributed by atoms with E-state index in [4.69, 9.17) is 0 Å². The van der Waals surface area contributed by atoms with Crippen molar-refractivity contribution in [3.8, 4) is 0 Å². The number of rotatable bonds is 4. The fraction of sp³-hybridized carbons (Fsp3) is 1.00. The van der Waals surface area contributed by atoms with Gasteiger partial charge in [-0.15, -0.1) is 0 Å². The first-order valence-electron chi connectivity index (χ1n) is 3.90. The average molecular weight is 554 g/mol. The lowest BCUT2D eigenvalue weighted by Crippen LogP contribution is -2.68. The summed E-state index contributed by atoms with van der Waals surface area (Å²) in [5.74, 6) is -21.9. The molecule has 20 heavy (non-hydrogen) atoms. The maximum atomic E-state index is 13.1. The van der Waals surface area contributed by atoms with Crippen LogP contribution >= 0.6 is 45.2 Å². The normalized spacial score (nSPS) is 18.9. The second-order valence-corrected chi connectivity index (χ2v) is 6.13. The minimum atomic E-state index is -7.44. The molecule has 0 aromatic heterocycles. The highest BCUT2D eigenvalue weighted by Gasteiger charge is 2.89. The highest BCUT2D eigenvalue weighted by molar-refractivity contribution is 14.1. The quantitative estimate of drug-likeness (QED) is 0.242. The Balaban J connectivity index is 6.08. The van der Waals surface area contributed by atoms with E-state index in [9.17, 15) is 52.7 Å². The lowest BCUT2D eigenvalue weighted by Gasteiger charge is -2.39. The molecule has 0 aromatic carbocycles. The third-order valence-corrected chi connectivity index (χ3v) is 5.03. The average Bonchev–Trinajstić information content (AvgIpc) is 2.12. The minimum absolute atomic E-state index is 0.422. The zero-order valence-corrected chi connectivity index (χ0v) is 12.6. The number of hydrogen-bond donors (Lipinski definition) is 0. The van der Waals surface area contributed by atoms with Gasteiger partial charge in [-0.2, -0.15) is 48.3 Å². The predicted octanol–water partition coefficient (Wildman–Crippen LogP) is 5.58. The van der Waals surface area contributed by atoms with Crippen molar-refractivity contribution in [1.82, 2.24) is 0 Å². The third-order valence-electron chi connectivity index (χ3n) is 1.90. The van der Waals surface area contributed by atoms with Gasteiger partial charge >= 0.3 is 31.5 Å². The first-order chi connectivity index (χ1) is 8.25. The van der Waals surface area contributed by atoms with Crippen LogP contribution < -0.4 is 0 Å². The van der Waals surface area contributed by atoms with Crippen LogP contribution in [0.5, 0.6) is 0 Å². The van der Waals surface area contributed by atoms with E-state index in [1.807, 2.05) is 0 Å². The third kappa shape index (κ3) is 2.78. The van der Waals surface area contributed by atoms with Crippen LogP contribution in [0.2, 0.25) is 0 Å². The number of halogens is 14. The molecule has 0 aliphatic rings. The van der Waals surface area contributed by atoms with Crippen molar-refractivity contribution in [2.45, 2.75) is 31.5 Å². The molecular formula is C6F12I2. The number of hydrogen-bond acceptors (Lipinski definition) is 0. The van der Waals surface area contributed by atoms with Crippen LogP contribution in [0.25, 0.3) is 0 Å². The summed E-state index contributed by atoms with van der Waals surface area (Å²) in [6.07, 6.45) is -7.20. The van der Waals surface area contributed by atoms with Crippen molar-refractivity contribution in [1.29, 1.82) is 0 Å². The molecule has 0 spiro atoms. The van der Waals surface area contributed by atoms with Gasteiger partial charge in [-0.3, -0.25) is 0 Å². The van der Waals surface area contributed by atoms with Gasteiger partial charge in [0.15, 0.2) is 0 Å². The highest BCUT2D eigenvalue weighted by Crippen LogP contribution is 2.62. The molecule has 0 saturated carbocycles. The van der Waals surface area contributed by atoms with E-state index in [1.54, 1.807) is 0 Å². The van der Waals surface area contributed by atoms with Gasteiger partial charge in [-0.05, 0) is 22.6 Å². The number of alkyl halides is 14. The molecule has 122 valence electrons. The van der Waals surface area contributed by atoms with Crippen LogP contribution in [-0.4, -0.2) is 31.5 Å². The maximum absolute atomic E-state index is 13.1.